The van der Waals surface area contributed by atoms with Gasteiger partial charge in [-0.15, -0.1) is 0 Å². The highest BCUT2D eigenvalue weighted by Crippen LogP contribution is 2.70. The van der Waals surface area contributed by atoms with Gasteiger partial charge < -0.3 is 19.3 Å². The summed E-state index contributed by atoms with van der Waals surface area (Å²) in [7, 11) is 0. The molecule has 3 aliphatic heterocycles. The van der Waals surface area contributed by atoms with Crippen LogP contribution in [-0.2, 0) is 14.3 Å². The molecule has 0 bridgehead atoms. The first-order valence-electron chi connectivity index (χ1n) is 12.0. The molecule has 5 aliphatic rings. The Hall–Kier alpha value is -1.59. The number of anilines is 1. The zero-order chi connectivity index (χ0) is 20.5. The standard InChI is InChI=1S/C25H34N2O3/c1-17-7-6-10-24(2)15-20-21(22-25(17,24)30-22)19(23(28)29-20)16-26-11-13-27(14-12-26)18-8-4-3-5-9-18/h3-5,8-9,17,19-22H,6-7,10-16H2,1-2H3/p+1/t17?,19?,20?,21?,22?,24-,25-/m0/s1. The predicted octanol–water partition coefficient (Wildman–Crippen LogP) is 1.92. The lowest BCUT2D eigenvalue weighted by atomic mass is 9.53. The van der Waals surface area contributed by atoms with E-state index >= 15 is 0 Å². The molecule has 1 aromatic rings. The van der Waals surface area contributed by atoms with E-state index in [1.54, 1.807) is 4.90 Å². The summed E-state index contributed by atoms with van der Waals surface area (Å²) in [5.41, 5.74) is 1.50. The summed E-state index contributed by atoms with van der Waals surface area (Å²) in [4.78, 5) is 17.0. The van der Waals surface area contributed by atoms with Gasteiger partial charge in [0.1, 0.15) is 17.6 Å². The first kappa shape index (κ1) is 19.1. The molecule has 5 fully saturated rings. The predicted molar refractivity (Wildman–Crippen MR) is 114 cm³/mol. The lowest BCUT2D eigenvalue weighted by molar-refractivity contribution is -0.903. The minimum atomic E-state index is 0.0105. The topological polar surface area (TPSA) is 46.5 Å². The summed E-state index contributed by atoms with van der Waals surface area (Å²) in [6.07, 6.45) is 5.06. The van der Waals surface area contributed by atoms with Crippen LogP contribution in [0.15, 0.2) is 30.3 Å². The number of carbonyl (C=O) groups is 1. The molecule has 2 saturated carbocycles. The molecule has 0 aromatic heterocycles. The van der Waals surface area contributed by atoms with Gasteiger partial charge >= 0.3 is 5.97 Å². The maximum absolute atomic E-state index is 13.0. The van der Waals surface area contributed by atoms with E-state index in [0.29, 0.717) is 5.92 Å². The minimum absolute atomic E-state index is 0.0105. The average Bonchev–Trinajstić information content (AvgIpc) is 3.44. The molecule has 30 heavy (non-hydrogen) atoms. The van der Waals surface area contributed by atoms with Crippen molar-refractivity contribution in [2.75, 3.05) is 37.6 Å². The lowest BCUT2D eigenvalue weighted by Gasteiger charge is -2.48. The molecule has 1 spiro atoms. The van der Waals surface area contributed by atoms with E-state index in [-0.39, 0.29) is 41.0 Å². The van der Waals surface area contributed by atoms with Crippen LogP contribution in [0.25, 0.3) is 0 Å². The third-order valence-electron chi connectivity index (χ3n) is 9.29. The SMILES string of the molecule is CC1CCC[C@@]2(C)CC3OC(=O)C(C[NH+]4CCN(c5ccccc5)CC4)C3C3O[C@@]132. The van der Waals surface area contributed by atoms with Crippen LogP contribution in [0.2, 0.25) is 0 Å². The van der Waals surface area contributed by atoms with Crippen molar-refractivity contribution in [3.63, 3.8) is 0 Å². The van der Waals surface area contributed by atoms with Crippen molar-refractivity contribution in [1.29, 1.82) is 0 Å². The number of piperazine rings is 1. The van der Waals surface area contributed by atoms with Crippen LogP contribution >= 0.6 is 0 Å². The fraction of sp³-hybridized carbons (Fsp3) is 0.720. The van der Waals surface area contributed by atoms with Gasteiger partial charge in [-0.25, -0.2) is 0 Å². The molecule has 0 amide bonds. The summed E-state index contributed by atoms with van der Waals surface area (Å²) >= 11 is 0. The van der Waals surface area contributed by atoms with E-state index in [1.165, 1.54) is 24.9 Å². The van der Waals surface area contributed by atoms with Crippen molar-refractivity contribution in [2.45, 2.75) is 57.3 Å². The number of nitrogens with one attached hydrogen (secondary N) is 1. The Labute approximate surface area is 179 Å². The molecule has 1 N–H and O–H groups in total. The van der Waals surface area contributed by atoms with Gasteiger partial charge in [-0.05, 0) is 37.3 Å². The van der Waals surface area contributed by atoms with E-state index < -0.39 is 0 Å². The van der Waals surface area contributed by atoms with Crippen LogP contribution in [0.1, 0.15) is 39.5 Å². The van der Waals surface area contributed by atoms with Crippen LogP contribution in [0, 0.1) is 23.2 Å². The molecule has 5 heteroatoms. The van der Waals surface area contributed by atoms with Crippen LogP contribution in [0.4, 0.5) is 5.69 Å². The Balaban J connectivity index is 1.15. The fourth-order valence-corrected chi connectivity index (χ4v) is 7.70. The highest BCUT2D eigenvalue weighted by atomic mass is 16.6. The second-order valence-corrected chi connectivity index (χ2v) is 10.8. The van der Waals surface area contributed by atoms with Gasteiger partial charge in [0.2, 0.25) is 0 Å². The second kappa shape index (κ2) is 6.70. The van der Waals surface area contributed by atoms with E-state index in [1.807, 2.05) is 0 Å². The number of hydrogen-bond acceptors (Lipinski definition) is 4. The number of esters is 1. The van der Waals surface area contributed by atoms with Crippen LogP contribution < -0.4 is 9.80 Å². The molecule has 5 nitrogen and oxygen atoms in total. The van der Waals surface area contributed by atoms with E-state index in [2.05, 4.69) is 49.1 Å². The van der Waals surface area contributed by atoms with Gasteiger partial charge in [0.05, 0.1) is 38.8 Å². The Morgan fingerprint density at radius 1 is 1.20 bits per heavy atom. The Bertz CT molecular complexity index is 823. The molecule has 3 saturated heterocycles. The quantitative estimate of drug-likeness (QED) is 0.610. The van der Waals surface area contributed by atoms with Crippen molar-refractivity contribution in [1.82, 2.24) is 0 Å². The number of epoxide rings is 1. The molecule has 6 rings (SSSR count). The van der Waals surface area contributed by atoms with E-state index in [0.717, 1.165) is 39.1 Å². The number of para-hydroxylation sites is 1. The van der Waals surface area contributed by atoms with Crippen molar-refractivity contribution in [3.05, 3.63) is 30.3 Å². The van der Waals surface area contributed by atoms with Crippen molar-refractivity contribution in [3.8, 4) is 0 Å². The van der Waals surface area contributed by atoms with Crippen LogP contribution in [0.5, 0.6) is 0 Å². The fourth-order valence-electron chi connectivity index (χ4n) is 7.70. The van der Waals surface area contributed by atoms with Gasteiger partial charge in [-0.2, -0.15) is 0 Å². The number of carbonyl (C=O) groups excluding carboxylic acids is 1. The van der Waals surface area contributed by atoms with Gasteiger partial charge in [0, 0.05) is 17.0 Å². The Morgan fingerprint density at radius 3 is 2.73 bits per heavy atom. The monoisotopic (exact) mass is 411 g/mol. The maximum atomic E-state index is 13.0. The molecule has 5 unspecified atom stereocenters. The number of hydrogen-bond donors (Lipinski definition) is 1. The van der Waals surface area contributed by atoms with Crippen LogP contribution in [0.3, 0.4) is 0 Å². The number of nitrogens with zero attached hydrogens (tertiary/aromatic N) is 1. The largest absolute Gasteiger partial charge is 0.462 e. The third kappa shape index (κ3) is 2.64. The zero-order valence-electron chi connectivity index (χ0n) is 18.3. The number of quaternary nitrogens is 1. The molecular weight excluding hydrogens is 376 g/mol. The smallest absolute Gasteiger partial charge is 0.315 e. The first-order chi connectivity index (χ1) is 14.5. The molecular formula is C25H35N2O3+. The summed E-state index contributed by atoms with van der Waals surface area (Å²) in [6, 6.07) is 10.7. The average molecular weight is 412 g/mol. The second-order valence-electron chi connectivity index (χ2n) is 10.8. The first-order valence-corrected chi connectivity index (χ1v) is 12.0. The van der Waals surface area contributed by atoms with Gasteiger partial charge in [0.25, 0.3) is 0 Å². The molecule has 162 valence electrons. The molecule has 1 aromatic carbocycles. The van der Waals surface area contributed by atoms with Crippen molar-refractivity contribution < 1.29 is 19.2 Å². The molecule has 0 radical (unpaired) electrons. The van der Waals surface area contributed by atoms with Gasteiger partial charge in [0.15, 0.2) is 0 Å². The number of rotatable bonds is 3. The molecule has 3 heterocycles. The maximum Gasteiger partial charge on any atom is 0.315 e. The minimum Gasteiger partial charge on any atom is -0.462 e. The van der Waals surface area contributed by atoms with E-state index in [9.17, 15) is 4.79 Å². The van der Waals surface area contributed by atoms with Gasteiger partial charge in [-0.3, -0.25) is 4.79 Å². The summed E-state index contributed by atoms with van der Waals surface area (Å²) in [5.74, 6) is 0.922. The summed E-state index contributed by atoms with van der Waals surface area (Å²) in [5, 5.41) is 0. The molecule has 2 aliphatic carbocycles. The third-order valence-corrected chi connectivity index (χ3v) is 9.29. The number of benzene rings is 1. The zero-order valence-corrected chi connectivity index (χ0v) is 18.3. The van der Waals surface area contributed by atoms with E-state index in [4.69, 9.17) is 9.47 Å². The van der Waals surface area contributed by atoms with Gasteiger partial charge in [-0.1, -0.05) is 38.5 Å². The Kier molecular flexibility index (Phi) is 4.27. The lowest BCUT2D eigenvalue weighted by Crippen LogP contribution is -3.15. The number of fused-ring (bicyclic) bond motifs is 2. The highest BCUT2D eigenvalue weighted by molar-refractivity contribution is 5.76. The van der Waals surface area contributed by atoms with Crippen molar-refractivity contribution in [2.24, 2.45) is 23.2 Å². The molecule has 7 atom stereocenters. The normalized spacial score (nSPS) is 45.3. The van der Waals surface area contributed by atoms with Crippen LogP contribution in [-0.4, -0.2) is 56.5 Å². The van der Waals surface area contributed by atoms with Crippen molar-refractivity contribution >= 4 is 11.7 Å². The highest BCUT2D eigenvalue weighted by Gasteiger charge is 2.78. The summed E-state index contributed by atoms with van der Waals surface area (Å²) < 4.78 is 12.6. The Morgan fingerprint density at radius 2 is 1.97 bits per heavy atom. The summed E-state index contributed by atoms with van der Waals surface area (Å²) in [6.45, 7) is 9.94. The number of ether oxygens (including phenoxy) is 2.